The number of piperidine rings is 1. The van der Waals surface area contributed by atoms with Crippen LogP contribution in [0.15, 0.2) is 29.6 Å². The third-order valence-electron chi connectivity index (χ3n) is 12.0. The summed E-state index contributed by atoms with van der Waals surface area (Å²) in [6, 6.07) is 5.06. The molecule has 0 radical (unpaired) electrons. The minimum Gasteiger partial charge on any atom is -0.469 e. The number of carbonyl (C=O) groups excluding carboxylic acids is 5. The minimum absolute atomic E-state index is 0.0368. The maximum Gasteiger partial charge on any atom is 0.308 e. The largest absolute Gasteiger partial charge is 0.469 e. The van der Waals surface area contributed by atoms with Crippen LogP contribution in [-0.2, 0) is 35.1 Å². The van der Waals surface area contributed by atoms with E-state index in [9.17, 15) is 34.1 Å². The summed E-state index contributed by atoms with van der Waals surface area (Å²) in [5.74, 6) is -2.60. The van der Waals surface area contributed by atoms with E-state index in [0.29, 0.717) is 18.0 Å². The molecule has 322 valence electrons. The van der Waals surface area contributed by atoms with Gasteiger partial charge in [0.2, 0.25) is 5.91 Å². The summed E-state index contributed by atoms with van der Waals surface area (Å²) in [6.45, 7) is 16.3. The number of thiazole rings is 1. The molecule has 1 fully saturated rings. The number of methoxy groups -OCH3 is 1. The number of non-ortho nitro benzene ring substituents is 1. The van der Waals surface area contributed by atoms with Gasteiger partial charge in [0.1, 0.15) is 10.7 Å². The number of nitro groups is 1. The molecule has 2 heterocycles. The molecule has 0 bridgehead atoms. The molecule has 14 nitrogen and oxygen atoms in total. The van der Waals surface area contributed by atoms with Gasteiger partial charge in [0, 0.05) is 61.8 Å². The lowest BCUT2D eigenvalue weighted by molar-refractivity contribution is -0.384. The van der Waals surface area contributed by atoms with Gasteiger partial charge in [-0.1, -0.05) is 60.1 Å². The predicted molar refractivity (Wildman–Crippen MR) is 223 cm³/mol. The standard InChI is InChI=1S/C43H65N5O9S/c1-11-28(6)34(24-38(50)43(12-2)20-14-15-21-46(43)9)41(52)47(13-3)36(27(4)5)25-37(57-30(8)49)40-45-35(26-58-40)39(51)44-32(22-29(7)42(53)56-10)23-31-16-18-33(19-17-31)48(54)55/h16-19,26-29,32,34,36-37H,11-15,20-25H2,1-10H3,(H,44,51)/t28-,29-,32+,34-,36+,37+,43?/m0/s1. The van der Waals surface area contributed by atoms with Crippen molar-refractivity contribution >= 4 is 46.6 Å². The van der Waals surface area contributed by atoms with Crippen molar-refractivity contribution in [1.29, 1.82) is 0 Å². The van der Waals surface area contributed by atoms with Crippen molar-refractivity contribution in [2.24, 2.45) is 23.7 Å². The molecular weight excluding hydrogens is 763 g/mol. The highest BCUT2D eigenvalue weighted by Gasteiger charge is 2.45. The number of ketones is 1. The Morgan fingerprint density at radius 2 is 1.72 bits per heavy atom. The molecule has 1 aliphatic heterocycles. The maximum atomic E-state index is 14.7. The van der Waals surface area contributed by atoms with E-state index >= 15 is 0 Å². The Balaban J connectivity index is 1.89. The van der Waals surface area contributed by atoms with Crippen molar-refractivity contribution in [2.75, 3.05) is 27.2 Å². The highest BCUT2D eigenvalue weighted by Crippen LogP contribution is 2.37. The Morgan fingerprint density at radius 3 is 2.26 bits per heavy atom. The monoisotopic (exact) mass is 827 g/mol. The number of esters is 2. The van der Waals surface area contributed by atoms with Gasteiger partial charge < -0.3 is 19.7 Å². The molecular formula is C43H65N5O9S. The minimum atomic E-state index is -0.864. The molecule has 1 N–H and O–H groups in total. The quantitative estimate of drug-likeness (QED) is 0.0713. The van der Waals surface area contributed by atoms with Crippen molar-refractivity contribution in [3.63, 3.8) is 0 Å². The zero-order chi connectivity index (χ0) is 43.3. The molecule has 58 heavy (non-hydrogen) atoms. The van der Waals surface area contributed by atoms with E-state index in [4.69, 9.17) is 9.47 Å². The number of benzene rings is 1. The number of nitrogens with zero attached hydrogens (tertiary/aromatic N) is 4. The van der Waals surface area contributed by atoms with Gasteiger partial charge in [-0.25, -0.2) is 4.98 Å². The predicted octanol–water partition coefficient (Wildman–Crippen LogP) is 7.35. The second kappa shape index (κ2) is 22.2. The van der Waals surface area contributed by atoms with Crippen LogP contribution in [0, 0.1) is 33.8 Å². The molecule has 0 spiro atoms. The summed E-state index contributed by atoms with van der Waals surface area (Å²) in [5, 5.41) is 16.1. The molecule has 2 aromatic rings. The number of nitrogens with one attached hydrogen (secondary N) is 1. The van der Waals surface area contributed by atoms with Crippen LogP contribution in [0.4, 0.5) is 5.69 Å². The molecule has 0 saturated carbocycles. The number of likely N-dealkylation sites (N-methyl/N-ethyl adjacent to an activating group) is 1. The van der Waals surface area contributed by atoms with Crippen LogP contribution in [0.1, 0.15) is 134 Å². The Hall–Kier alpha value is -4.24. The van der Waals surface area contributed by atoms with Gasteiger partial charge in [0.15, 0.2) is 11.9 Å². The molecule has 1 unspecified atom stereocenters. The highest BCUT2D eigenvalue weighted by atomic mass is 32.1. The van der Waals surface area contributed by atoms with Gasteiger partial charge in [0.05, 0.1) is 23.5 Å². The molecule has 0 aliphatic carbocycles. The third kappa shape index (κ3) is 12.4. The first-order valence-corrected chi connectivity index (χ1v) is 21.6. The number of rotatable bonds is 22. The first-order valence-electron chi connectivity index (χ1n) is 20.7. The number of ether oxygens (including phenoxy) is 2. The van der Waals surface area contributed by atoms with Gasteiger partial charge >= 0.3 is 11.9 Å². The summed E-state index contributed by atoms with van der Waals surface area (Å²) in [7, 11) is 3.31. The van der Waals surface area contributed by atoms with Crippen LogP contribution in [0.2, 0.25) is 0 Å². The zero-order valence-corrected chi connectivity index (χ0v) is 36.9. The van der Waals surface area contributed by atoms with Crippen molar-refractivity contribution in [2.45, 2.75) is 137 Å². The number of hydrogen-bond acceptors (Lipinski definition) is 12. The van der Waals surface area contributed by atoms with Gasteiger partial charge in [0.25, 0.3) is 11.6 Å². The first-order chi connectivity index (χ1) is 27.4. The van der Waals surface area contributed by atoms with Crippen LogP contribution in [0.5, 0.6) is 0 Å². The lowest BCUT2D eigenvalue weighted by Crippen LogP contribution is -2.56. The Kier molecular flexibility index (Phi) is 18.4. The smallest absolute Gasteiger partial charge is 0.308 e. The van der Waals surface area contributed by atoms with E-state index in [1.807, 2.05) is 46.6 Å². The fourth-order valence-electron chi connectivity index (χ4n) is 8.27. The second-order valence-electron chi connectivity index (χ2n) is 16.2. The van der Waals surface area contributed by atoms with E-state index < -0.39 is 52.3 Å². The zero-order valence-electron chi connectivity index (χ0n) is 36.1. The topological polar surface area (TPSA) is 178 Å². The molecule has 1 aliphatic rings. The maximum absolute atomic E-state index is 14.7. The summed E-state index contributed by atoms with van der Waals surface area (Å²) in [4.78, 5) is 86.8. The van der Waals surface area contributed by atoms with Crippen LogP contribution in [0.25, 0.3) is 0 Å². The molecule has 7 atom stereocenters. The van der Waals surface area contributed by atoms with Gasteiger partial charge in [-0.3, -0.25) is 39.0 Å². The fourth-order valence-corrected chi connectivity index (χ4v) is 9.11. The van der Waals surface area contributed by atoms with Gasteiger partial charge in [-0.2, -0.15) is 0 Å². The van der Waals surface area contributed by atoms with E-state index in [-0.39, 0.29) is 66.6 Å². The molecule has 1 saturated heterocycles. The number of aromatic nitrogens is 1. The molecule has 1 aromatic heterocycles. The number of Topliss-reactive ketones (excluding diaryl/α,β-unsaturated/α-hetero) is 1. The average Bonchev–Trinajstić information content (AvgIpc) is 3.69. The third-order valence-corrected chi connectivity index (χ3v) is 13.0. The first kappa shape index (κ1) is 48.1. The van der Waals surface area contributed by atoms with E-state index in [2.05, 4.69) is 22.1 Å². The van der Waals surface area contributed by atoms with Gasteiger partial charge in [-0.05, 0) is 76.4 Å². The van der Waals surface area contributed by atoms with Crippen molar-refractivity contribution in [3.05, 3.63) is 56.0 Å². The van der Waals surface area contributed by atoms with Crippen molar-refractivity contribution in [3.8, 4) is 0 Å². The van der Waals surface area contributed by atoms with Crippen LogP contribution in [-0.4, -0.2) is 94.1 Å². The van der Waals surface area contributed by atoms with Crippen molar-refractivity contribution < 1.29 is 38.4 Å². The average molecular weight is 828 g/mol. The molecule has 15 heteroatoms. The number of amides is 2. The summed E-state index contributed by atoms with van der Waals surface area (Å²) < 4.78 is 10.8. The number of carbonyl (C=O) groups is 5. The lowest BCUT2D eigenvalue weighted by Gasteiger charge is -2.45. The van der Waals surface area contributed by atoms with E-state index in [0.717, 1.165) is 37.8 Å². The van der Waals surface area contributed by atoms with Gasteiger partial charge in [-0.15, -0.1) is 11.3 Å². The molecule has 1 aromatic carbocycles. The molecule has 2 amide bonds. The highest BCUT2D eigenvalue weighted by molar-refractivity contribution is 7.09. The number of nitro benzene ring substituents is 1. The Morgan fingerprint density at radius 1 is 1.05 bits per heavy atom. The second-order valence-corrected chi connectivity index (χ2v) is 17.1. The summed E-state index contributed by atoms with van der Waals surface area (Å²) in [6.07, 6.45) is 4.30. The number of hydrogen-bond donors (Lipinski definition) is 1. The summed E-state index contributed by atoms with van der Waals surface area (Å²) >= 11 is 1.17. The van der Waals surface area contributed by atoms with Crippen molar-refractivity contribution in [1.82, 2.24) is 20.1 Å². The van der Waals surface area contributed by atoms with Crippen LogP contribution < -0.4 is 5.32 Å². The number of likely N-dealkylation sites (tertiary alicyclic amines) is 1. The van der Waals surface area contributed by atoms with E-state index in [1.54, 1.807) is 24.4 Å². The Bertz CT molecular complexity index is 1720. The molecule has 3 rings (SSSR count). The lowest BCUT2D eigenvalue weighted by atomic mass is 9.75. The fraction of sp³-hybridized carbons (Fsp3) is 0.674. The SMILES string of the molecule is CC[C@H](C)[C@H](CC(=O)C1(CC)CCCCN1C)C(=O)N(CC)[C@H](C[C@@H](OC(C)=O)c1nc(C(=O)N[C@@H](Cc2ccc([N+](=O)[O-])cc2)C[C@H](C)C(=O)OC)cs1)C(C)C. The van der Waals surface area contributed by atoms with E-state index in [1.165, 1.54) is 37.5 Å². The summed E-state index contributed by atoms with van der Waals surface area (Å²) in [5.41, 5.74) is 0.184. The normalized spacial score (nSPS) is 18.9. The van der Waals surface area contributed by atoms with Crippen LogP contribution in [0.3, 0.4) is 0 Å². The Labute approximate surface area is 348 Å². The van der Waals surface area contributed by atoms with Crippen LogP contribution >= 0.6 is 11.3 Å².